The lowest BCUT2D eigenvalue weighted by molar-refractivity contribution is -0.123. The van der Waals surface area contributed by atoms with Crippen LogP contribution in [0, 0.1) is 3.57 Å². The zero-order valence-corrected chi connectivity index (χ0v) is 12.9. The van der Waals surface area contributed by atoms with E-state index in [0.29, 0.717) is 5.75 Å². The second kappa shape index (κ2) is 7.32. The van der Waals surface area contributed by atoms with Gasteiger partial charge in [-0.3, -0.25) is 4.79 Å². The lowest BCUT2D eigenvalue weighted by Gasteiger charge is -2.13. The Bertz CT molecular complexity index is 476. The molecule has 0 aliphatic heterocycles. The summed E-state index contributed by atoms with van der Waals surface area (Å²) in [6.07, 6.45) is 0.845. The highest BCUT2D eigenvalue weighted by Crippen LogP contribution is 2.22. The first-order valence-electron chi connectivity index (χ1n) is 5.89. The summed E-state index contributed by atoms with van der Waals surface area (Å²) in [7, 11) is 0. The van der Waals surface area contributed by atoms with Gasteiger partial charge < -0.3 is 15.2 Å². The Balaban J connectivity index is 2.64. The topological polar surface area (TPSA) is 75.6 Å². The minimum atomic E-state index is -1.02. The van der Waals surface area contributed by atoms with E-state index in [1.54, 1.807) is 6.07 Å². The first kappa shape index (κ1) is 15.7. The molecule has 0 saturated carbocycles. The molecule has 0 aliphatic rings. The van der Waals surface area contributed by atoms with Crippen molar-refractivity contribution in [3.63, 3.8) is 0 Å². The molecule has 0 aromatic heterocycles. The van der Waals surface area contributed by atoms with Crippen LogP contribution in [-0.2, 0) is 4.79 Å². The van der Waals surface area contributed by atoms with E-state index >= 15 is 0 Å². The van der Waals surface area contributed by atoms with E-state index in [1.165, 1.54) is 12.1 Å². The van der Waals surface area contributed by atoms with Crippen molar-refractivity contribution in [2.45, 2.75) is 26.3 Å². The van der Waals surface area contributed by atoms with Gasteiger partial charge in [0, 0.05) is 6.04 Å². The van der Waals surface area contributed by atoms with Gasteiger partial charge in [0.05, 0.1) is 9.13 Å². The summed E-state index contributed by atoms with van der Waals surface area (Å²) in [4.78, 5) is 22.4. The number of amides is 1. The molecule has 0 heterocycles. The standard InChI is InChI=1S/C13H16INO4/c1-3-8(2)15-12(16)7-19-11-6-9(13(17)18)4-5-10(11)14/h4-6,8H,3,7H2,1-2H3,(H,15,16)(H,17,18). The first-order valence-corrected chi connectivity index (χ1v) is 6.97. The molecule has 2 N–H and O–H groups in total. The largest absolute Gasteiger partial charge is 0.483 e. The van der Waals surface area contributed by atoms with Gasteiger partial charge >= 0.3 is 5.97 Å². The van der Waals surface area contributed by atoms with Gasteiger partial charge in [0.15, 0.2) is 6.61 Å². The summed E-state index contributed by atoms with van der Waals surface area (Å²) < 4.78 is 6.11. The minimum absolute atomic E-state index is 0.0977. The van der Waals surface area contributed by atoms with E-state index in [-0.39, 0.29) is 24.1 Å². The van der Waals surface area contributed by atoms with E-state index in [9.17, 15) is 9.59 Å². The fourth-order valence-corrected chi connectivity index (χ4v) is 1.80. The predicted molar refractivity (Wildman–Crippen MR) is 79.5 cm³/mol. The van der Waals surface area contributed by atoms with Gasteiger partial charge in [-0.15, -0.1) is 0 Å². The number of hydrogen-bond acceptors (Lipinski definition) is 3. The number of hydrogen-bond donors (Lipinski definition) is 2. The molecule has 0 aliphatic carbocycles. The Labute approximate surface area is 125 Å². The van der Waals surface area contributed by atoms with Crippen LogP contribution in [0.4, 0.5) is 0 Å². The molecule has 1 atom stereocenters. The van der Waals surface area contributed by atoms with E-state index < -0.39 is 5.97 Å². The van der Waals surface area contributed by atoms with Gasteiger partial charge in [-0.2, -0.15) is 0 Å². The van der Waals surface area contributed by atoms with Gasteiger partial charge in [-0.1, -0.05) is 6.92 Å². The molecule has 5 nitrogen and oxygen atoms in total. The molecular weight excluding hydrogens is 361 g/mol. The molecule has 0 radical (unpaired) electrons. The van der Waals surface area contributed by atoms with Gasteiger partial charge in [-0.05, 0) is 54.1 Å². The van der Waals surface area contributed by atoms with Crippen molar-refractivity contribution in [1.82, 2.24) is 5.32 Å². The molecular formula is C13H16INO4. The summed E-state index contributed by atoms with van der Waals surface area (Å²) in [6, 6.07) is 4.66. The van der Waals surface area contributed by atoms with Crippen molar-refractivity contribution in [3.05, 3.63) is 27.3 Å². The molecule has 1 rings (SSSR count). The summed E-state index contributed by atoms with van der Waals surface area (Å²) in [6.45, 7) is 3.77. The number of ether oxygens (including phenoxy) is 1. The molecule has 1 aromatic rings. The summed E-state index contributed by atoms with van der Waals surface area (Å²) in [5, 5.41) is 11.7. The molecule has 1 unspecified atom stereocenters. The van der Waals surface area contributed by atoms with Crippen LogP contribution in [0.25, 0.3) is 0 Å². The highest BCUT2D eigenvalue weighted by molar-refractivity contribution is 14.1. The average molecular weight is 377 g/mol. The Morgan fingerprint density at radius 1 is 1.47 bits per heavy atom. The highest BCUT2D eigenvalue weighted by atomic mass is 127. The van der Waals surface area contributed by atoms with Crippen LogP contribution in [0.2, 0.25) is 0 Å². The normalized spacial score (nSPS) is 11.7. The van der Waals surface area contributed by atoms with Crippen LogP contribution in [0.3, 0.4) is 0 Å². The molecule has 1 aromatic carbocycles. The molecule has 0 bridgehead atoms. The number of carbonyl (C=O) groups excluding carboxylic acids is 1. The van der Waals surface area contributed by atoms with Crippen LogP contribution in [0.1, 0.15) is 30.6 Å². The van der Waals surface area contributed by atoms with Crippen LogP contribution >= 0.6 is 22.6 Å². The van der Waals surface area contributed by atoms with Crippen molar-refractivity contribution in [1.29, 1.82) is 0 Å². The molecule has 104 valence electrons. The van der Waals surface area contributed by atoms with Crippen molar-refractivity contribution < 1.29 is 19.4 Å². The molecule has 6 heteroatoms. The summed E-state index contributed by atoms with van der Waals surface area (Å²) >= 11 is 2.03. The second-order valence-electron chi connectivity index (χ2n) is 4.12. The number of carboxylic acid groups (broad SMARTS) is 1. The van der Waals surface area contributed by atoms with Crippen molar-refractivity contribution in [2.75, 3.05) is 6.61 Å². The van der Waals surface area contributed by atoms with Crippen molar-refractivity contribution >= 4 is 34.5 Å². The maximum absolute atomic E-state index is 11.6. The average Bonchev–Trinajstić information content (AvgIpc) is 2.37. The van der Waals surface area contributed by atoms with Gasteiger partial charge in [-0.25, -0.2) is 4.79 Å². The van der Waals surface area contributed by atoms with Gasteiger partial charge in [0.2, 0.25) is 0 Å². The third-order valence-corrected chi connectivity index (χ3v) is 3.45. The molecule has 0 spiro atoms. The van der Waals surface area contributed by atoms with Crippen molar-refractivity contribution in [3.8, 4) is 5.75 Å². The quantitative estimate of drug-likeness (QED) is 0.746. The van der Waals surface area contributed by atoms with E-state index in [2.05, 4.69) is 5.32 Å². The number of carbonyl (C=O) groups is 2. The minimum Gasteiger partial charge on any atom is -0.483 e. The fourth-order valence-electron chi connectivity index (χ4n) is 1.31. The molecule has 0 saturated heterocycles. The molecule has 0 fully saturated rings. The lowest BCUT2D eigenvalue weighted by Crippen LogP contribution is -2.35. The lowest BCUT2D eigenvalue weighted by atomic mass is 10.2. The number of aromatic carboxylic acids is 1. The third-order valence-electron chi connectivity index (χ3n) is 2.56. The number of carboxylic acids is 1. The Morgan fingerprint density at radius 2 is 2.16 bits per heavy atom. The number of halogens is 1. The fraction of sp³-hybridized carbons (Fsp3) is 0.385. The van der Waals surface area contributed by atoms with Gasteiger partial charge in [0.1, 0.15) is 5.75 Å². The zero-order valence-electron chi connectivity index (χ0n) is 10.8. The summed E-state index contributed by atoms with van der Waals surface area (Å²) in [5.41, 5.74) is 0.137. The highest BCUT2D eigenvalue weighted by Gasteiger charge is 2.10. The van der Waals surface area contributed by atoms with Crippen LogP contribution in [-0.4, -0.2) is 29.6 Å². The first-order chi connectivity index (χ1) is 8.93. The number of rotatable bonds is 6. The Hall–Kier alpha value is -1.31. The maximum atomic E-state index is 11.6. The van der Waals surface area contributed by atoms with Crippen molar-refractivity contribution in [2.24, 2.45) is 0 Å². The smallest absolute Gasteiger partial charge is 0.335 e. The van der Waals surface area contributed by atoms with Crippen LogP contribution < -0.4 is 10.1 Å². The SMILES string of the molecule is CCC(C)NC(=O)COc1cc(C(=O)O)ccc1I. The monoisotopic (exact) mass is 377 g/mol. The Kier molecular flexibility index (Phi) is 6.07. The van der Waals surface area contributed by atoms with Crippen LogP contribution in [0.5, 0.6) is 5.75 Å². The summed E-state index contributed by atoms with van der Waals surface area (Å²) in [5.74, 6) is -0.837. The predicted octanol–water partition coefficient (Wildman–Crippen LogP) is 2.28. The Morgan fingerprint density at radius 3 is 2.74 bits per heavy atom. The maximum Gasteiger partial charge on any atom is 0.335 e. The third kappa shape index (κ3) is 5.06. The number of nitrogens with one attached hydrogen (secondary N) is 1. The van der Waals surface area contributed by atoms with Gasteiger partial charge in [0.25, 0.3) is 5.91 Å². The van der Waals surface area contributed by atoms with E-state index in [0.717, 1.165) is 9.99 Å². The second-order valence-corrected chi connectivity index (χ2v) is 5.28. The zero-order chi connectivity index (χ0) is 14.4. The molecule has 19 heavy (non-hydrogen) atoms. The molecule has 1 amide bonds. The van der Waals surface area contributed by atoms with E-state index in [1.807, 2.05) is 36.4 Å². The number of benzene rings is 1. The van der Waals surface area contributed by atoms with Crippen LogP contribution in [0.15, 0.2) is 18.2 Å². The van der Waals surface area contributed by atoms with E-state index in [4.69, 9.17) is 9.84 Å².